The molecule has 8 nitrogen and oxygen atoms in total. The van der Waals surface area contributed by atoms with Crippen molar-refractivity contribution in [3.05, 3.63) is 80.4 Å². The molecule has 9 heteroatoms. The Morgan fingerprint density at radius 2 is 1.37 bits per heavy atom. The summed E-state index contributed by atoms with van der Waals surface area (Å²) >= 11 is 0. The summed E-state index contributed by atoms with van der Waals surface area (Å²) in [5.74, 6) is 0. The van der Waals surface area contributed by atoms with E-state index in [4.69, 9.17) is 0 Å². The maximum Gasteiger partial charge on any atom is 0.296 e. The van der Waals surface area contributed by atoms with E-state index < -0.39 is 15.0 Å². The van der Waals surface area contributed by atoms with Gasteiger partial charge in [0, 0.05) is 31.9 Å². The Balaban J connectivity index is 2.23. The van der Waals surface area contributed by atoms with E-state index >= 15 is 0 Å². The second kappa shape index (κ2) is 7.35. The van der Waals surface area contributed by atoms with Crippen molar-refractivity contribution in [1.29, 1.82) is 0 Å². The molecule has 0 unspecified atom stereocenters. The molecule has 0 aliphatic heterocycles. The first-order chi connectivity index (χ1) is 13.8. The van der Waals surface area contributed by atoms with Crippen LogP contribution in [0.25, 0.3) is 11.1 Å². The van der Waals surface area contributed by atoms with E-state index in [-0.39, 0.29) is 10.6 Å². The number of nitrogens with zero attached hydrogens (tertiary/aromatic N) is 3. The Bertz CT molecular complexity index is 1170. The zero-order valence-corrected chi connectivity index (χ0v) is 18.3. The van der Waals surface area contributed by atoms with Gasteiger partial charge in [0.15, 0.2) is 5.70 Å². The fourth-order valence-corrected chi connectivity index (χ4v) is 4.49. The Morgan fingerprint density at radius 1 is 0.900 bits per heavy atom. The Morgan fingerprint density at radius 3 is 1.77 bits per heavy atom. The fourth-order valence-electron chi connectivity index (χ4n) is 3.54. The summed E-state index contributed by atoms with van der Waals surface area (Å²) in [6, 6.07) is 13.0. The second-order valence-electron chi connectivity index (χ2n) is 8.16. The number of benzene rings is 2. The molecule has 0 heterocycles. The highest BCUT2D eigenvalue weighted by molar-refractivity contribution is 7.90. The van der Waals surface area contributed by atoms with Crippen molar-refractivity contribution >= 4 is 32.6 Å². The molecule has 158 valence electrons. The molecule has 0 atom stereocenters. The van der Waals surface area contributed by atoms with Crippen molar-refractivity contribution in [3.63, 3.8) is 0 Å². The minimum atomic E-state index is -4.54. The molecule has 1 aliphatic carbocycles. The Hall–Kier alpha value is -3.01. The number of anilines is 1. The van der Waals surface area contributed by atoms with Gasteiger partial charge in [-0.2, -0.15) is 8.42 Å². The van der Waals surface area contributed by atoms with Crippen molar-refractivity contribution in [2.45, 2.75) is 0 Å². The third kappa shape index (κ3) is 3.87. The van der Waals surface area contributed by atoms with Crippen LogP contribution >= 0.6 is 0 Å². The maximum atomic E-state index is 12.3. The molecule has 2 aromatic carbocycles. The zero-order chi connectivity index (χ0) is 22.4. The normalized spacial score (nSPS) is 14.6. The molecule has 0 bridgehead atoms. The highest BCUT2D eigenvalue weighted by Crippen LogP contribution is 2.51. The summed E-state index contributed by atoms with van der Waals surface area (Å²) in [6.45, 7) is 0. The molecule has 0 fully saturated rings. The Kier molecular flexibility index (Phi) is 5.32. The van der Waals surface area contributed by atoms with Crippen LogP contribution in [0.15, 0.2) is 59.1 Å². The lowest BCUT2D eigenvalue weighted by Gasteiger charge is -2.37. The van der Waals surface area contributed by atoms with Gasteiger partial charge in [-0.15, -0.1) is 0 Å². The first-order valence-electron chi connectivity index (χ1n) is 9.13. The molecule has 0 saturated heterocycles. The van der Waals surface area contributed by atoms with Crippen molar-refractivity contribution in [3.8, 4) is 0 Å². The number of non-ortho nitro benzene ring substituents is 1. The van der Waals surface area contributed by atoms with E-state index in [1.165, 1.54) is 24.3 Å². The molecule has 0 amide bonds. The number of hydrogen-bond acceptors (Lipinski definition) is 5. The van der Waals surface area contributed by atoms with Crippen LogP contribution in [-0.4, -0.2) is 57.6 Å². The van der Waals surface area contributed by atoms with Crippen LogP contribution in [0.2, 0.25) is 0 Å². The van der Waals surface area contributed by atoms with Crippen LogP contribution in [0.5, 0.6) is 0 Å². The van der Waals surface area contributed by atoms with E-state index in [2.05, 4.69) is 0 Å². The van der Waals surface area contributed by atoms with E-state index in [1.807, 2.05) is 64.4 Å². The van der Waals surface area contributed by atoms with Gasteiger partial charge in [0.25, 0.3) is 15.8 Å². The topological polar surface area (TPSA) is 101 Å². The molecular formula is C21H24N3O5S+. The summed E-state index contributed by atoms with van der Waals surface area (Å²) in [7, 11) is 4.97. The van der Waals surface area contributed by atoms with Crippen LogP contribution in [0.3, 0.4) is 0 Å². The van der Waals surface area contributed by atoms with Crippen LogP contribution in [0, 0.1) is 10.1 Å². The zero-order valence-electron chi connectivity index (χ0n) is 17.4. The lowest BCUT2D eigenvalue weighted by molar-refractivity contribution is -0.826. The van der Waals surface area contributed by atoms with E-state index in [9.17, 15) is 23.1 Å². The molecule has 1 N–H and O–H groups in total. The monoisotopic (exact) mass is 430 g/mol. The molecule has 2 aromatic rings. The van der Waals surface area contributed by atoms with Gasteiger partial charge in [0.2, 0.25) is 0 Å². The highest BCUT2D eigenvalue weighted by atomic mass is 32.2. The summed E-state index contributed by atoms with van der Waals surface area (Å²) in [5, 5.41) is 11.0. The van der Waals surface area contributed by atoms with Gasteiger partial charge in [0.05, 0.1) is 37.2 Å². The number of nitro groups is 1. The number of allylic oxidation sites excluding steroid dienone is 2. The van der Waals surface area contributed by atoms with Gasteiger partial charge in [0.1, 0.15) is 4.91 Å². The minimum absolute atomic E-state index is 0.0950. The van der Waals surface area contributed by atoms with Crippen molar-refractivity contribution < 1.29 is 22.4 Å². The van der Waals surface area contributed by atoms with Gasteiger partial charge in [-0.05, 0) is 35.4 Å². The molecule has 3 rings (SSSR count). The third-order valence-corrected chi connectivity index (χ3v) is 5.82. The van der Waals surface area contributed by atoms with Gasteiger partial charge >= 0.3 is 0 Å². The van der Waals surface area contributed by atoms with Gasteiger partial charge < -0.3 is 4.90 Å². The maximum absolute atomic E-state index is 12.3. The van der Waals surface area contributed by atoms with Crippen molar-refractivity contribution in [1.82, 2.24) is 0 Å². The van der Waals surface area contributed by atoms with Crippen molar-refractivity contribution in [2.75, 3.05) is 40.1 Å². The molecule has 0 radical (unpaired) electrons. The molecule has 0 saturated carbocycles. The van der Waals surface area contributed by atoms with Crippen LogP contribution in [-0.2, 0) is 10.1 Å². The predicted molar refractivity (Wildman–Crippen MR) is 117 cm³/mol. The van der Waals surface area contributed by atoms with Crippen molar-refractivity contribution in [2.24, 2.45) is 0 Å². The van der Waals surface area contributed by atoms with E-state index in [1.54, 1.807) is 0 Å². The largest absolute Gasteiger partial charge is 0.378 e. The van der Waals surface area contributed by atoms with Gasteiger partial charge in [-0.1, -0.05) is 12.1 Å². The van der Waals surface area contributed by atoms with Crippen LogP contribution in [0.1, 0.15) is 11.1 Å². The molecule has 30 heavy (non-hydrogen) atoms. The first-order valence-corrected chi connectivity index (χ1v) is 10.6. The Labute approximate surface area is 175 Å². The number of likely N-dealkylation sites (N-methyl/N-ethyl adjacent to an activating group) is 1. The third-order valence-electron chi connectivity index (χ3n) is 4.90. The number of hydrogen-bond donors (Lipinski definition) is 1. The van der Waals surface area contributed by atoms with Crippen LogP contribution < -0.4 is 4.90 Å². The highest BCUT2D eigenvalue weighted by Gasteiger charge is 2.45. The number of quaternary nitrogens is 1. The second-order valence-corrected chi connectivity index (χ2v) is 9.52. The summed E-state index contributed by atoms with van der Waals surface area (Å²) in [5.41, 5.74) is 3.55. The molecule has 1 aliphatic rings. The quantitative estimate of drug-likeness (QED) is 0.326. The van der Waals surface area contributed by atoms with Gasteiger partial charge in [-0.25, -0.2) is 0 Å². The standard InChI is InChI=1S/C21H23N3O5S/c1-22(2)16-10-6-14(7-11-16)18-20(24(3,4)5)19(21(18)30(27,28)29)15-8-12-17(13-9-15)23(25)26/h6-13H,1-5H3/p+1. The first kappa shape index (κ1) is 21.7. The smallest absolute Gasteiger partial charge is 0.296 e. The summed E-state index contributed by atoms with van der Waals surface area (Å²) < 4.78 is 35.0. The average Bonchev–Trinajstić information content (AvgIpc) is 2.59. The fraction of sp³-hybridized carbons (Fsp3) is 0.238. The van der Waals surface area contributed by atoms with Gasteiger partial charge in [-0.3, -0.25) is 19.2 Å². The van der Waals surface area contributed by atoms with Crippen LogP contribution in [0.4, 0.5) is 11.4 Å². The summed E-state index contributed by atoms with van der Waals surface area (Å²) in [6.07, 6.45) is 0. The SMILES string of the molecule is CN(C)c1ccc(C2=C([N+](C)(C)C)C(c3ccc([N+](=O)[O-])cc3)=C2S(=O)(=O)O)cc1. The lowest BCUT2D eigenvalue weighted by atomic mass is 9.83. The van der Waals surface area contributed by atoms with E-state index in [0.29, 0.717) is 32.5 Å². The minimum Gasteiger partial charge on any atom is -0.378 e. The average molecular weight is 431 g/mol. The van der Waals surface area contributed by atoms with E-state index in [0.717, 1.165) is 5.69 Å². The molecule has 0 spiro atoms. The number of rotatable bonds is 6. The number of nitro benzene ring substituents is 1. The molecule has 0 aromatic heterocycles. The molecular weight excluding hydrogens is 406 g/mol. The lowest BCUT2D eigenvalue weighted by Crippen LogP contribution is -2.39. The predicted octanol–water partition coefficient (Wildman–Crippen LogP) is 3.39. The summed E-state index contributed by atoms with van der Waals surface area (Å²) in [4.78, 5) is 12.2.